The van der Waals surface area contributed by atoms with Gasteiger partial charge in [-0.1, -0.05) is 29.8 Å². The lowest BCUT2D eigenvalue weighted by atomic mass is 10.1. The lowest BCUT2D eigenvalue weighted by molar-refractivity contribution is -0.144. The number of hydrogen-bond acceptors (Lipinski definition) is 2. The Hall–Kier alpha value is -1.54. The van der Waals surface area contributed by atoms with Crippen molar-refractivity contribution >= 4 is 0 Å². The summed E-state index contributed by atoms with van der Waals surface area (Å²) in [5, 5.41) is 8.51. The highest BCUT2D eigenvalue weighted by atomic mass is 19.4. The molecule has 18 heavy (non-hydrogen) atoms. The lowest BCUT2D eigenvalue weighted by Crippen LogP contribution is -2.36. The van der Waals surface area contributed by atoms with Crippen LogP contribution in [-0.4, -0.2) is 30.7 Å². The van der Waals surface area contributed by atoms with Gasteiger partial charge < -0.3 is 0 Å². The van der Waals surface area contributed by atoms with Gasteiger partial charge >= 0.3 is 6.18 Å². The molecule has 0 aliphatic rings. The van der Waals surface area contributed by atoms with E-state index in [9.17, 15) is 13.2 Å². The second-order valence-electron chi connectivity index (χ2n) is 4.22. The van der Waals surface area contributed by atoms with E-state index in [0.717, 1.165) is 16.0 Å². The molecule has 98 valence electrons. The summed E-state index contributed by atoms with van der Waals surface area (Å²) in [4.78, 5) is 1.11. The van der Waals surface area contributed by atoms with E-state index in [1.807, 2.05) is 31.2 Å². The first-order valence-electron chi connectivity index (χ1n) is 5.62. The zero-order valence-corrected chi connectivity index (χ0v) is 10.2. The molecule has 1 rings (SSSR count). The average molecular weight is 256 g/mol. The van der Waals surface area contributed by atoms with Crippen molar-refractivity contribution in [2.75, 3.05) is 19.6 Å². The fourth-order valence-corrected chi connectivity index (χ4v) is 1.61. The van der Waals surface area contributed by atoms with Crippen molar-refractivity contribution in [2.45, 2.75) is 19.5 Å². The van der Waals surface area contributed by atoms with Crippen molar-refractivity contribution in [3.63, 3.8) is 0 Å². The number of aryl methyl sites for hydroxylation is 1. The predicted molar refractivity (Wildman–Crippen MR) is 63.0 cm³/mol. The fourth-order valence-electron chi connectivity index (χ4n) is 1.61. The Morgan fingerprint density at radius 1 is 1.22 bits per heavy atom. The van der Waals surface area contributed by atoms with Crippen LogP contribution in [0.25, 0.3) is 0 Å². The molecule has 0 radical (unpaired) electrons. The fraction of sp³-hybridized carbons (Fsp3) is 0.462. The van der Waals surface area contributed by atoms with Crippen molar-refractivity contribution in [1.82, 2.24) is 4.90 Å². The van der Waals surface area contributed by atoms with Gasteiger partial charge in [0.2, 0.25) is 0 Å². The SMILES string of the molecule is Cc1ccc(CCN(CC#N)CC(F)(F)F)cc1. The largest absolute Gasteiger partial charge is 0.401 e. The van der Waals surface area contributed by atoms with Crippen LogP contribution in [0.1, 0.15) is 11.1 Å². The van der Waals surface area contributed by atoms with Crippen molar-refractivity contribution in [3.05, 3.63) is 35.4 Å². The maximum Gasteiger partial charge on any atom is 0.401 e. The topological polar surface area (TPSA) is 27.0 Å². The molecule has 0 saturated heterocycles. The minimum absolute atomic E-state index is 0.203. The highest BCUT2D eigenvalue weighted by Crippen LogP contribution is 2.16. The van der Waals surface area contributed by atoms with E-state index < -0.39 is 12.7 Å². The molecule has 0 atom stereocenters. The summed E-state index contributed by atoms with van der Waals surface area (Å²) in [6.07, 6.45) is -3.75. The predicted octanol–water partition coefficient (Wildman–Crippen LogP) is 2.93. The molecule has 1 aromatic carbocycles. The molecular formula is C13H15F3N2. The minimum atomic E-state index is -4.26. The first-order valence-corrected chi connectivity index (χ1v) is 5.62. The van der Waals surface area contributed by atoms with Crippen molar-refractivity contribution in [2.24, 2.45) is 0 Å². The Morgan fingerprint density at radius 3 is 2.33 bits per heavy atom. The minimum Gasteiger partial charge on any atom is -0.282 e. The summed E-state index contributed by atoms with van der Waals surface area (Å²) in [6, 6.07) is 9.40. The third kappa shape index (κ3) is 5.69. The van der Waals surface area contributed by atoms with Gasteiger partial charge in [-0.3, -0.25) is 4.90 Å². The number of nitrogens with zero attached hydrogens (tertiary/aromatic N) is 2. The zero-order chi connectivity index (χ0) is 13.6. The Morgan fingerprint density at radius 2 is 1.83 bits per heavy atom. The molecule has 0 spiro atoms. The highest BCUT2D eigenvalue weighted by Gasteiger charge is 2.30. The molecule has 5 heteroatoms. The molecule has 0 aliphatic carbocycles. The van der Waals surface area contributed by atoms with Crippen LogP contribution in [0, 0.1) is 18.3 Å². The van der Waals surface area contributed by atoms with Crippen LogP contribution in [0.2, 0.25) is 0 Å². The molecule has 0 aliphatic heterocycles. The van der Waals surface area contributed by atoms with E-state index in [1.54, 1.807) is 6.07 Å². The number of benzene rings is 1. The molecule has 0 amide bonds. The van der Waals surface area contributed by atoms with Gasteiger partial charge in [-0.2, -0.15) is 18.4 Å². The molecule has 0 aromatic heterocycles. The van der Waals surface area contributed by atoms with Crippen molar-refractivity contribution in [1.29, 1.82) is 5.26 Å². The third-order valence-corrected chi connectivity index (χ3v) is 2.53. The molecule has 0 saturated carbocycles. The smallest absolute Gasteiger partial charge is 0.282 e. The highest BCUT2D eigenvalue weighted by molar-refractivity contribution is 5.21. The number of halogens is 3. The van der Waals surface area contributed by atoms with Crippen LogP contribution < -0.4 is 0 Å². The lowest BCUT2D eigenvalue weighted by Gasteiger charge is -2.20. The Kier molecular flexibility index (Phi) is 5.17. The standard InChI is InChI=1S/C13H15F3N2/c1-11-2-4-12(5-3-11)6-8-18(9-7-17)10-13(14,15)16/h2-5H,6,8-10H2,1H3. The third-order valence-electron chi connectivity index (χ3n) is 2.53. The maximum absolute atomic E-state index is 12.3. The van der Waals surface area contributed by atoms with Gasteiger partial charge in [-0.25, -0.2) is 0 Å². The van der Waals surface area contributed by atoms with E-state index in [1.165, 1.54) is 0 Å². The van der Waals surface area contributed by atoms with Crippen LogP contribution in [-0.2, 0) is 6.42 Å². The van der Waals surface area contributed by atoms with E-state index >= 15 is 0 Å². The van der Waals surface area contributed by atoms with Crippen LogP contribution in [0.3, 0.4) is 0 Å². The van der Waals surface area contributed by atoms with Crippen LogP contribution in [0.4, 0.5) is 13.2 Å². The van der Waals surface area contributed by atoms with Gasteiger partial charge in [0.05, 0.1) is 19.2 Å². The van der Waals surface area contributed by atoms with Gasteiger partial charge in [0, 0.05) is 6.54 Å². The summed E-state index contributed by atoms with van der Waals surface area (Å²) >= 11 is 0. The van der Waals surface area contributed by atoms with Gasteiger partial charge in [-0.15, -0.1) is 0 Å². The molecular weight excluding hydrogens is 241 g/mol. The summed E-state index contributed by atoms with van der Waals surface area (Å²) < 4.78 is 36.8. The van der Waals surface area contributed by atoms with Crippen LogP contribution in [0.15, 0.2) is 24.3 Å². The summed E-state index contributed by atoms with van der Waals surface area (Å²) in [5.41, 5.74) is 2.09. The molecule has 0 N–H and O–H groups in total. The van der Waals surface area contributed by atoms with E-state index in [4.69, 9.17) is 5.26 Å². The molecule has 0 heterocycles. The molecule has 0 unspecified atom stereocenters. The molecule has 1 aromatic rings. The Bertz CT molecular complexity index is 404. The molecule has 0 fully saturated rings. The number of alkyl halides is 3. The van der Waals surface area contributed by atoms with Gasteiger partial charge in [0.25, 0.3) is 0 Å². The van der Waals surface area contributed by atoms with E-state index in [-0.39, 0.29) is 13.1 Å². The zero-order valence-electron chi connectivity index (χ0n) is 10.2. The summed E-state index contributed by atoms with van der Waals surface area (Å²) in [6.45, 7) is 0.948. The van der Waals surface area contributed by atoms with Gasteiger partial charge in [0.15, 0.2) is 0 Å². The second-order valence-corrected chi connectivity index (χ2v) is 4.22. The summed E-state index contributed by atoms with van der Waals surface area (Å²) in [7, 11) is 0. The molecule has 0 bridgehead atoms. The Labute approximate surface area is 105 Å². The summed E-state index contributed by atoms with van der Waals surface area (Å²) in [5.74, 6) is 0. The number of nitriles is 1. The quantitative estimate of drug-likeness (QED) is 0.757. The van der Waals surface area contributed by atoms with Gasteiger partial charge in [-0.05, 0) is 18.9 Å². The second kappa shape index (κ2) is 6.41. The normalized spacial score (nSPS) is 11.6. The van der Waals surface area contributed by atoms with E-state index in [0.29, 0.717) is 6.42 Å². The number of hydrogen-bond donors (Lipinski definition) is 0. The average Bonchev–Trinajstić information content (AvgIpc) is 2.26. The van der Waals surface area contributed by atoms with Crippen molar-refractivity contribution < 1.29 is 13.2 Å². The maximum atomic E-state index is 12.3. The first-order chi connectivity index (χ1) is 8.40. The van der Waals surface area contributed by atoms with Crippen LogP contribution >= 0.6 is 0 Å². The monoisotopic (exact) mass is 256 g/mol. The van der Waals surface area contributed by atoms with Crippen molar-refractivity contribution in [3.8, 4) is 6.07 Å². The van der Waals surface area contributed by atoms with E-state index in [2.05, 4.69) is 0 Å². The number of rotatable bonds is 5. The Balaban J connectivity index is 2.52. The molecule has 2 nitrogen and oxygen atoms in total. The first kappa shape index (κ1) is 14.5. The van der Waals surface area contributed by atoms with Crippen LogP contribution in [0.5, 0.6) is 0 Å². The van der Waals surface area contributed by atoms with Gasteiger partial charge in [0.1, 0.15) is 0 Å².